The molecular weight excluding hydrogens is 474 g/mol. The number of pyridine rings is 2. The van der Waals surface area contributed by atoms with Crippen molar-refractivity contribution in [2.45, 2.75) is 26.4 Å². The van der Waals surface area contributed by atoms with E-state index in [2.05, 4.69) is 14.7 Å². The van der Waals surface area contributed by atoms with E-state index in [1.54, 1.807) is 18.5 Å². The predicted octanol–water partition coefficient (Wildman–Crippen LogP) is 5.66. The zero-order valence-electron chi connectivity index (χ0n) is 19.0. The molecule has 0 spiro atoms. The highest BCUT2D eigenvalue weighted by Crippen LogP contribution is 2.29. The lowest BCUT2D eigenvalue weighted by Gasteiger charge is -2.12. The summed E-state index contributed by atoms with van der Waals surface area (Å²) in [7, 11) is 0. The fourth-order valence-electron chi connectivity index (χ4n) is 4.17. The predicted molar refractivity (Wildman–Crippen MR) is 127 cm³/mol. The van der Waals surface area contributed by atoms with Crippen LogP contribution in [-0.2, 0) is 13.1 Å². The highest BCUT2D eigenvalue weighted by molar-refractivity contribution is 6.15. The number of benzene rings is 2. The van der Waals surface area contributed by atoms with Gasteiger partial charge >= 0.3 is 6.36 Å². The molecule has 1 aliphatic rings. The maximum absolute atomic E-state index is 13.7. The van der Waals surface area contributed by atoms with E-state index in [4.69, 9.17) is 0 Å². The van der Waals surface area contributed by atoms with Crippen LogP contribution in [-0.4, -0.2) is 21.6 Å². The fraction of sp³-hybridized carbons (Fsp3) is 0.148. The second-order valence-corrected chi connectivity index (χ2v) is 8.42. The smallest absolute Gasteiger partial charge is 0.403 e. The quantitative estimate of drug-likeness (QED) is 0.338. The summed E-state index contributed by atoms with van der Waals surface area (Å²) in [5.41, 5.74) is 6.28. The van der Waals surface area contributed by atoms with E-state index in [1.807, 2.05) is 37.3 Å². The second-order valence-electron chi connectivity index (χ2n) is 8.42. The van der Waals surface area contributed by atoms with Crippen molar-refractivity contribution in [2.75, 3.05) is 0 Å². The number of nitrogens with zero attached hydrogens (tertiary/aromatic N) is 3. The minimum Gasteiger partial charge on any atom is -0.403 e. The average molecular weight is 493 g/mol. The van der Waals surface area contributed by atoms with E-state index >= 15 is 0 Å². The molecule has 5 rings (SSSR count). The van der Waals surface area contributed by atoms with Gasteiger partial charge in [0.2, 0.25) is 0 Å². The van der Waals surface area contributed by atoms with Crippen LogP contribution in [0.1, 0.15) is 27.9 Å². The zero-order valence-corrected chi connectivity index (χ0v) is 19.0. The standard InChI is InChI=1S/C27H19F4N3O2/c1-16-10-20(6-8-32-16)26-22-12-18(3-4-21(22)14-33-26)19-7-9-34(25(35)13-19)15-17-2-5-23(28)24(11-17)36-27(29,30)31/h2-13H,14-15H2,1H3. The lowest BCUT2D eigenvalue weighted by Crippen LogP contribution is -2.20. The second kappa shape index (κ2) is 9.07. The van der Waals surface area contributed by atoms with Crippen molar-refractivity contribution in [2.24, 2.45) is 4.99 Å². The lowest BCUT2D eigenvalue weighted by molar-refractivity contribution is -0.275. The number of aryl methyl sites for hydroxylation is 1. The highest BCUT2D eigenvalue weighted by Gasteiger charge is 2.32. The molecule has 9 heteroatoms. The molecule has 2 aromatic heterocycles. The molecule has 182 valence electrons. The van der Waals surface area contributed by atoms with Gasteiger partial charge < -0.3 is 9.30 Å². The van der Waals surface area contributed by atoms with Gasteiger partial charge in [-0.25, -0.2) is 4.39 Å². The van der Waals surface area contributed by atoms with Crippen LogP contribution in [0.4, 0.5) is 17.6 Å². The minimum atomic E-state index is -5.02. The summed E-state index contributed by atoms with van der Waals surface area (Å²) >= 11 is 0. The van der Waals surface area contributed by atoms with Crippen LogP contribution in [0, 0.1) is 12.7 Å². The summed E-state index contributed by atoms with van der Waals surface area (Å²) in [6.45, 7) is 2.45. The number of rotatable bonds is 5. The fourth-order valence-corrected chi connectivity index (χ4v) is 4.17. The van der Waals surface area contributed by atoms with E-state index in [0.29, 0.717) is 12.1 Å². The Morgan fingerprint density at radius 2 is 1.78 bits per heavy atom. The third-order valence-corrected chi connectivity index (χ3v) is 5.85. The minimum absolute atomic E-state index is 0.0456. The first-order valence-corrected chi connectivity index (χ1v) is 11.0. The molecule has 0 radical (unpaired) electrons. The molecule has 0 atom stereocenters. The maximum Gasteiger partial charge on any atom is 0.573 e. The Balaban J connectivity index is 1.41. The Hall–Kier alpha value is -4.27. The van der Waals surface area contributed by atoms with Gasteiger partial charge in [-0.05, 0) is 65.6 Å². The third kappa shape index (κ3) is 4.91. The number of halogens is 4. The van der Waals surface area contributed by atoms with E-state index in [0.717, 1.165) is 45.8 Å². The number of hydrogen-bond donors (Lipinski definition) is 0. The molecule has 0 N–H and O–H groups in total. The average Bonchev–Trinajstić information content (AvgIpc) is 3.25. The number of fused-ring (bicyclic) bond motifs is 1. The topological polar surface area (TPSA) is 56.5 Å². The molecule has 36 heavy (non-hydrogen) atoms. The summed E-state index contributed by atoms with van der Waals surface area (Å²) < 4.78 is 56.3. The Labute approximate surface area is 203 Å². The molecule has 2 aromatic carbocycles. The van der Waals surface area contributed by atoms with Gasteiger partial charge in [-0.15, -0.1) is 13.2 Å². The maximum atomic E-state index is 13.7. The van der Waals surface area contributed by atoms with Crippen molar-refractivity contribution < 1.29 is 22.3 Å². The lowest BCUT2D eigenvalue weighted by atomic mass is 9.96. The van der Waals surface area contributed by atoms with Crippen molar-refractivity contribution >= 4 is 5.71 Å². The number of aliphatic imine (C=N–C) groups is 1. The number of aromatic nitrogens is 2. The molecule has 0 aliphatic carbocycles. The number of hydrogen-bond acceptors (Lipinski definition) is 4. The SMILES string of the molecule is Cc1cc(C2=NCc3ccc(-c4ccn(Cc5ccc(F)c(OC(F)(F)F)c5)c(=O)c4)cc32)ccn1. The zero-order chi connectivity index (χ0) is 25.4. The van der Waals surface area contributed by atoms with E-state index < -0.39 is 17.9 Å². The first-order chi connectivity index (χ1) is 17.2. The molecule has 0 saturated carbocycles. The van der Waals surface area contributed by atoms with Gasteiger partial charge in [0.1, 0.15) is 0 Å². The van der Waals surface area contributed by atoms with Crippen LogP contribution in [0.25, 0.3) is 11.1 Å². The van der Waals surface area contributed by atoms with E-state index in [9.17, 15) is 22.4 Å². The highest BCUT2D eigenvalue weighted by atomic mass is 19.4. The Bertz CT molecular complexity index is 1560. The molecule has 0 fully saturated rings. The van der Waals surface area contributed by atoms with Gasteiger partial charge in [-0.1, -0.05) is 18.2 Å². The third-order valence-electron chi connectivity index (χ3n) is 5.85. The summed E-state index contributed by atoms with van der Waals surface area (Å²) in [4.78, 5) is 21.7. The van der Waals surface area contributed by atoms with Crippen LogP contribution in [0.15, 0.2) is 82.8 Å². The van der Waals surface area contributed by atoms with Gasteiger partial charge in [-0.3, -0.25) is 14.8 Å². The van der Waals surface area contributed by atoms with E-state index in [1.165, 1.54) is 16.7 Å². The van der Waals surface area contributed by atoms with E-state index in [-0.39, 0.29) is 17.7 Å². The van der Waals surface area contributed by atoms with Gasteiger partial charge in [0.15, 0.2) is 11.6 Å². The van der Waals surface area contributed by atoms with Crippen molar-refractivity contribution in [3.63, 3.8) is 0 Å². The van der Waals surface area contributed by atoms with Gasteiger partial charge in [-0.2, -0.15) is 0 Å². The van der Waals surface area contributed by atoms with Gasteiger partial charge in [0.05, 0.1) is 18.8 Å². The summed E-state index contributed by atoms with van der Waals surface area (Å²) in [6, 6.07) is 16.1. The number of alkyl halides is 3. The summed E-state index contributed by atoms with van der Waals surface area (Å²) in [5.74, 6) is -2.08. The van der Waals surface area contributed by atoms with Crippen LogP contribution in [0.2, 0.25) is 0 Å². The normalized spacial score (nSPS) is 12.9. The molecule has 0 unspecified atom stereocenters. The molecule has 4 aromatic rings. The molecule has 0 bridgehead atoms. The molecule has 5 nitrogen and oxygen atoms in total. The monoisotopic (exact) mass is 493 g/mol. The summed E-state index contributed by atoms with van der Waals surface area (Å²) in [5, 5.41) is 0. The van der Waals surface area contributed by atoms with Crippen molar-refractivity contribution in [3.8, 4) is 16.9 Å². The Kier molecular flexibility index (Phi) is 5.91. The number of ether oxygens (including phenoxy) is 1. The Morgan fingerprint density at radius 1 is 0.972 bits per heavy atom. The van der Waals surface area contributed by atoms with Crippen LogP contribution in [0.5, 0.6) is 5.75 Å². The van der Waals surface area contributed by atoms with Crippen LogP contribution >= 0.6 is 0 Å². The van der Waals surface area contributed by atoms with Crippen LogP contribution in [0.3, 0.4) is 0 Å². The molecule has 0 amide bonds. The van der Waals surface area contributed by atoms with Gasteiger partial charge in [0.25, 0.3) is 5.56 Å². The largest absolute Gasteiger partial charge is 0.573 e. The van der Waals surface area contributed by atoms with Crippen molar-refractivity contribution in [3.05, 3.63) is 117 Å². The van der Waals surface area contributed by atoms with Crippen molar-refractivity contribution in [1.29, 1.82) is 0 Å². The summed E-state index contributed by atoms with van der Waals surface area (Å²) in [6.07, 6.45) is -1.72. The first-order valence-electron chi connectivity index (χ1n) is 11.0. The molecule has 3 heterocycles. The van der Waals surface area contributed by atoms with Crippen molar-refractivity contribution in [1.82, 2.24) is 9.55 Å². The van der Waals surface area contributed by atoms with Gasteiger partial charge in [0, 0.05) is 35.3 Å². The molecule has 1 aliphatic heterocycles. The molecule has 0 saturated heterocycles. The first kappa shape index (κ1) is 23.5. The Morgan fingerprint density at radius 3 is 2.53 bits per heavy atom. The van der Waals surface area contributed by atoms with Crippen LogP contribution < -0.4 is 10.3 Å². The molecular formula is C27H19F4N3O2.